The molecular formula is C12H20N2O. The van der Waals surface area contributed by atoms with Crippen LogP contribution in [0.15, 0.2) is 12.2 Å². The van der Waals surface area contributed by atoms with Gasteiger partial charge in [-0.1, -0.05) is 12.2 Å². The lowest BCUT2D eigenvalue weighted by molar-refractivity contribution is -0.137. The Morgan fingerprint density at radius 1 is 1.20 bits per heavy atom. The molecule has 0 spiro atoms. The summed E-state index contributed by atoms with van der Waals surface area (Å²) in [7, 11) is 2.12. The van der Waals surface area contributed by atoms with Crippen molar-refractivity contribution in [1.29, 1.82) is 0 Å². The number of rotatable bonds is 1. The maximum absolute atomic E-state index is 12.1. The van der Waals surface area contributed by atoms with Gasteiger partial charge in [0.1, 0.15) is 0 Å². The molecular weight excluding hydrogens is 188 g/mol. The van der Waals surface area contributed by atoms with Crippen LogP contribution >= 0.6 is 0 Å². The number of carbonyl (C=O) groups excluding carboxylic acids is 1. The number of hydrogen-bond acceptors (Lipinski definition) is 2. The van der Waals surface area contributed by atoms with Crippen LogP contribution in [0.3, 0.4) is 0 Å². The van der Waals surface area contributed by atoms with Gasteiger partial charge in [-0.2, -0.15) is 0 Å². The molecule has 1 fully saturated rings. The predicted molar refractivity (Wildman–Crippen MR) is 60.6 cm³/mol. The average Bonchev–Trinajstić information content (AvgIpc) is 2.30. The Morgan fingerprint density at radius 2 is 1.93 bits per heavy atom. The first-order chi connectivity index (χ1) is 7.27. The standard InChI is InChI=1S/C12H20N2O/c1-13-7-9-14(10-8-13)12(15)11-5-3-2-4-6-11/h2-3,11H,4-10H2,1H3. The predicted octanol–water partition coefficient (Wildman–Crippen LogP) is 1.12. The second-order valence-corrected chi connectivity index (χ2v) is 4.61. The first-order valence-corrected chi connectivity index (χ1v) is 5.89. The Labute approximate surface area is 91.7 Å². The second kappa shape index (κ2) is 4.79. The maximum Gasteiger partial charge on any atom is 0.226 e. The highest BCUT2D eigenvalue weighted by Gasteiger charge is 2.26. The van der Waals surface area contributed by atoms with E-state index in [2.05, 4.69) is 24.1 Å². The third-order valence-corrected chi connectivity index (χ3v) is 3.43. The molecule has 1 atom stereocenters. The summed E-state index contributed by atoms with van der Waals surface area (Å²) >= 11 is 0. The third kappa shape index (κ3) is 2.59. The van der Waals surface area contributed by atoms with Crippen molar-refractivity contribution in [3.8, 4) is 0 Å². The van der Waals surface area contributed by atoms with Crippen molar-refractivity contribution in [3.63, 3.8) is 0 Å². The van der Waals surface area contributed by atoms with Crippen LogP contribution < -0.4 is 0 Å². The lowest BCUT2D eigenvalue weighted by atomic mass is 9.93. The van der Waals surface area contributed by atoms with Crippen LogP contribution in [-0.4, -0.2) is 48.9 Å². The summed E-state index contributed by atoms with van der Waals surface area (Å²) < 4.78 is 0. The molecule has 0 saturated carbocycles. The molecule has 1 unspecified atom stereocenters. The van der Waals surface area contributed by atoms with E-state index in [9.17, 15) is 4.79 Å². The minimum Gasteiger partial charge on any atom is -0.340 e. The van der Waals surface area contributed by atoms with Gasteiger partial charge in [0.2, 0.25) is 5.91 Å². The molecule has 84 valence electrons. The van der Waals surface area contributed by atoms with Crippen LogP contribution in [0.25, 0.3) is 0 Å². The lowest BCUT2D eigenvalue weighted by Crippen LogP contribution is -2.49. The number of allylic oxidation sites excluding steroid dienone is 2. The van der Waals surface area contributed by atoms with Crippen LogP contribution in [0.5, 0.6) is 0 Å². The maximum atomic E-state index is 12.1. The van der Waals surface area contributed by atoms with Crippen molar-refractivity contribution in [2.75, 3.05) is 33.2 Å². The number of likely N-dealkylation sites (N-methyl/N-ethyl adjacent to an activating group) is 1. The second-order valence-electron chi connectivity index (χ2n) is 4.61. The Bertz CT molecular complexity index is 254. The lowest BCUT2D eigenvalue weighted by Gasteiger charge is -2.34. The molecule has 1 saturated heterocycles. The number of piperazine rings is 1. The van der Waals surface area contributed by atoms with E-state index < -0.39 is 0 Å². The van der Waals surface area contributed by atoms with E-state index >= 15 is 0 Å². The van der Waals surface area contributed by atoms with E-state index in [0.29, 0.717) is 5.91 Å². The molecule has 3 nitrogen and oxygen atoms in total. The molecule has 0 bridgehead atoms. The molecule has 15 heavy (non-hydrogen) atoms. The molecule has 2 rings (SSSR count). The molecule has 1 aliphatic carbocycles. The van der Waals surface area contributed by atoms with Gasteiger partial charge in [-0.15, -0.1) is 0 Å². The van der Waals surface area contributed by atoms with Crippen molar-refractivity contribution in [1.82, 2.24) is 9.80 Å². The number of nitrogens with zero attached hydrogens (tertiary/aromatic N) is 2. The zero-order valence-electron chi connectivity index (χ0n) is 9.48. The molecule has 3 heteroatoms. The summed E-state index contributed by atoms with van der Waals surface area (Å²) in [6, 6.07) is 0. The summed E-state index contributed by atoms with van der Waals surface area (Å²) in [5.41, 5.74) is 0. The van der Waals surface area contributed by atoms with Crippen molar-refractivity contribution in [3.05, 3.63) is 12.2 Å². The van der Waals surface area contributed by atoms with Gasteiger partial charge >= 0.3 is 0 Å². The van der Waals surface area contributed by atoms with Gasteiger partial charge < -0.3 is 9.80 Å². The summed E-state index contributed by atoms with van der Waals surface area (Å²) in [6.45, 7) is 3.87. The molecule has 2 aliphatic rings. The fourth-order valence-corrected chi connectivity index (χ4v) is 2.30. The first kappa shape index (κ1) is 10.7. The molecule has 0 aromatic carbocycles. The van der Waals surface area contributed by atoms with Gasteiger partial charge in [0.05, 0.1) is 0 Å². The van der Waals surface area contributed by atoms with Crippen molar-refractivity contribution in [2.45, 2.75) is 19.3 Å². The Kier molecular flexibility index (Phi) is 3.41. The van der Waals surface area contributed by atoms with Crippen LogP contribution in [0.2, 0.25) is 0 Å². The summed E-state index contributed by atoms with van der Waals surface area (Å²) in [5, 5.41) is 0. The van der Waals surface area contributed by atoms with E-state index in [0.717, 1.165) is 45.4 Å². The summed E-state index contributed by atoms with van der Waals surface area (Å²) in [4.78, 5) is 16.5. The molecule has 1 amide bonds. The smallest absolute Gasteiger partial charge is 0.226 e. The zero-order valence-corrected chi connectivity index (χ0v) is 9.48. The van der Waals surface area contributed by atoms with Crippen molar-refractivity contribution >= 4 is 5.91 Å². The zero-order chi connectivity index (χ0) is 10.7. The summed E-state index contributed by atoms with van der Waals surface area (Å²) in [5.74, 6) is 0.644. The number of amides is 1. The fraction of sp³-hybridized carbons (Fsp3) is 0.750. The molecule has 1 heterocycles. The van der Waals surface area contributed by atoms with Gasteiger partial charge in [0.25, 0.3) is 0 Å². The van der Waals surface area contributed by atoms with E-state index in [1.165, 1.54) is 0 Å². The Morgan fingerprint density at radius 3 is 2.53 bits per heavy atom. The topological polar surface area (TPSA) is 23.6 Å². The van der Waals surface area contributed by atoms with Gasteiger partial charge in [-0.3, -0.25) is 4.79 Å². The monoisotopic (exact) mass is 208 g/mol. The quantitative estimate of drug-likeness (QED) is 0.603. The summed E-state index contributed by atoms with van der Waals surface area (Å²) in [6.07, 6.45) is 7.41. The van der Waals surface area contributed by atoms with Gasteiger partial charge in [0, 0.05) is 32.1 Å². The normalized spacial score (nSPS) is 28.1. The van der Waals surface area contributed by atoms with Crippen LogP contribution in [0.1, 0.15) is 19.3 Å². The third-order valence-electron chi connectivity index (χ3n) is 3.43. The molecule has 0 aromatic rings. The Balaban J connectivity index is 1.87. The SMILES string of the molecule is CN1CCN(C(=O)C2CC=CCC2)CC1. The van der Waals surface area contributed by atoms with Crippen LogP contribution in [0.4, 0.5) is 0 Å². The van der Waals surface area contributed by atoms with E-state index in [1.807, 2.05) is 4.90 Å². The van der Waals surface area contributed by atoms with Gasteiger partial charge in [-0.05, 0) is 26.3 Å². The molecule has 0 aromatic heterocycles. The highest BCUT2D eigenvalue weighted by Crippen LogP contribution is 2.21. The fourth-order valence-electron chi connectivity index (χ4n) is 2.30. The van der Waals surface area contributed by atoms with Crippen LogP contribution in [-0.2, 0) is 4.79 Å². The van der Waals surface area contributed by atoms with E-state index in [1.54, 1.807) is 0 Å². The average molecular weight is 208 g/mol. The minimum atomic E-state index is 0.262. The first-order valence-electron chi connectivity index (χ1n) is 5.89. The largest absolute Gasteiger partial charge is 0.340 e. The van der Waals surface area contributed by atoms with Crippen molar-refractivity contribution < 1.29 is 4.79 Å². The van der Waals surface area contributed by atoms with E-state index in [4.69, 9.17) is 0 Å². The minimum absolute atomic E-state index is 0.262. The number of carbonyl (C=O) groups is 1. The molecule has 0 radical (unpaired) electrons. The molecule has 1 aliphatic heterocycles. The van der Waals surface area contributed by atoms with E-state index in [-0.39, 0.29) is 5.92 Å². The van der Waals surface area contributed by atoms with Crippen molar-refractivity contribution in [2.24, 2.45) is 5.92 Å². The highest BCUT2D eigenvalue weighted by molar-refractivity contribution is 5.79. The highest BCUT2D eigenvalue weighted by atomic mass is 16.2. The van der Waals surface area contributed by atoms with Crippen LogP contribution in [0, 0.1) is 5.92 Å². The number of hydrogen-bond donors (Lipinski definition) is 0. The van der Waals surface area contributed by atoms with Gasteiger partial charge in [-0.25, -0.2) is 0 Å². The van der Waals surface area contributed by atoms with Gasteiger partial charge in [0.15, 0.2) is 0 Å². The molecule has 0 N–H and O–H groups in total. The Hall–Kier alpha value is -0.830.